The third kappa shape index (κ3) is 2.77. The molecule has 5 nitrogen and oxygen atoms in total. The Labute approximate surface area is 117 Å². The summed E-state index contributed by atoms with van der Waals surface area (Å²) in [5.41, 5.74) is 6.58. The van der Waals surface area contributed by atoms with Crippen LogP contribution in [0.15, 0.2) is 23.0 Å². The molecule has 0 atom stereocenters. The molecule has 0 aliphatic carbocycles. The second kappa shape index (κ2) is 6.43. The average molecular weight is 276 g/mol. The van der Waals surface area contributed by atoms with E-state index in [0.717, 1.165) is 18.2 Å². The Hall–Kier alpha value is -2.01. The average Bonchev–Trinajstić information content (AvgIpc) is 2.47. The molecule has 0 aliphatic rings. The van der Waals surface area contributed by atoms with Crippen molar-refractivity contribution < 1.29 is 9.47 Å². The molecule has 108 valence electrons. The molecule has 0 unspecified atom stereocenters. The maximum Gasteiger partial charge on any atom is 0.253 e. The maximum absolute atomic E-state index is 11.9. The summed E-state index contributed by atoms with van der Waals surface area (Å²) in [6, 6.07) is 5.51. The Bertz CT molecular complexity index is 649. The SMILES string of the molecule is CCCCOc1c(OC)ccc2cc(CN)c(=O)[nH]c12. The molecule has 2 rings (SSSR count). The van der Waals surface area contributed by atoms with E-state index >= 15 is 0 Å². The molecular formula is C15H20N2O3. The van der Waals surface area contributed by atoms with Gasteiger partial charge in [-0.05, 0) is 24.6 Å². The minimum absolute atomic E-state index is 0.186. The van der Waals surface area contributed by atoms with Crippen molar-refractivity contribution in [3.63, 3.8) is 0 Å². The second-order valence-electron chi connectivity index (χ2n) is 4.59. The lowest BCUT2D eigenvalue weighted by molar-refractivity contribution is 0.291. The lowest BCUT2D eigenvalue weighted by Gasteiger charge is -2.13. The molecule has 0 spiro atoms. The smallest absolute Gasteiger partial charge is 0.253 e. The van der Waals surface area contributed by atoms with Crippen LogP contribution >= 0.6 is 0 Å². The summed E-state index contributed by atoms with van der Waals surface area (Å²) in [6.07, 6.45) is 1.99. The van der Waals surface area contributed by atoms with E-state index in [2.05, 4.69) is 11.9 Å². The Kier molecular flexibility index (Phi) is 4.63. The predicted molar refractivity (Wildman–Crippen MR) is 79.4 cm³/mol. The van der Waals surface area contributed by atoms with Crippen LogP contribution in [-0.4, -0.2) is 18.7 Å². The van der Waals surface area contributed by atoms with Crippen LogP contribution in [0.3, 0.4) is 0 Å². The summed E-state index contributed by atoms with van der Waals surface area (Å²) >= 11 is 0. The number of hydrogen-bond donors (Lipinski definition) is 2. The monoisotopic (exact) mass is 276 g/mol. The molecule has 20 heavy (non-hydrogen) atoms. The summed E-state index contributed by atoms with van der Waals surface area (Å²) in [5, 5.41) is 0.886. The number of unbranched alkanes of at least 4 members (excludes halogenated alkanes) is 1. The van der Waals surface area contributed by atoms with Crippen molar-refractivity contribution in [1.29, 1.82) is 0 Å². The van der Waals surface area contributed by atoms with Gasteiger partial charge in [0.2, 0.25) is 0 Å². The number of methoxy groups -OCH3 is 1. The zero-order chi connectivity index (χ0) is 14.5. The van der Waals surface area contributed by atoms with Crippen LogP contribution in [0.2, 0.25) is 0 Å². The first-order valence-corrected chi connectivity index (χ1v) is 6.77. The van der Waals surface area contributed by atoms with Gasteiger partial charge < -0.3 is 20.2 Å². The van der Waals surface area contributed by atoms with Gasteiger partial charge in [0.05, 0.1) is 19.2 Å². The highest BCUT2D eigenvalue weighted by Crippen LogP contribution is 2.34. The number of nitrogens with two attached hydrogens (primary N) is 1. The highest BCUT2D eigenvalue weighted by atomic mass is 16.5. The van der Waals surface area contributed by atoms with Crippen LogP contribution in [0.25, 0.3) is 10.9 Å². The number of nitrogens with one attached hydrogen (secondary N) is 1. The fourth-order valence-electron chi connectivity index (χ4n) is 2.05. The van der Waals surface area contributed by atoms with Crippen molar-refractivity contribution >= 4 is 10.9 Å². The maximum atomic E-state index is 11.9. The van der Waals surface area contributed by atoms with Gasteiger partial charge in [-0.3, -0.25) is 4.79 Å². The zero-order valence-electron chi connectivity index (χ0n) is 11.9. The van der Waals surface area contributed by atoms with Gasteiger partial charge in [-0.25, -0.2) is 0 Å². The molecule has 5 heteroatoms. The molecule has 3 N–H and O–H groups in total. The van der Waals surface area contributed by atoms with Gasteiger partial charge in [0.25, 0.3) is 5.56 Å². The van der Waals surface area contributed by atoms with Crippen LogP contribution in [0.1, 0.15) is 25.3 Å². The number of pyridine rings is 1. The number of hydrogen-bond acceptors (Lipinski definition) is 4. The van der Waals surface area contributed by atoms with Crippen molar-refractivity contribution in [2.45, 2.75) is 26.3 Å². The number of aromatic amines is 1. The van der Waals surface area contributed by atoms with Gasteiger partial charge in [0, 0.05) is 17.5 Å². The fraction of sp³-hybridized carbons (Fsp3) is 0.400. The van der Waals surface area contributed by atoms with E-state index < -0.39 is 0 Å². The molecular weight excluding hydrogens is 256 g/mol. The first-order valence-electron chi connectivity index (χ1n) is 6.77. The Morgan fingerprint density at radius 2 is 2.15 bits per heavy atom. The van der Waals surface area contributed by atoms with Crippen LogP contribution < -0.4 is 20.8 Å². The number of ether oxygens (including phenoxy) is 2. The molecule has 0 fully saturated rings. The van der Waals surface area contributed by atoms with Crippen molar-refractivity contribution in [2.75, 3.05) is 13.7 Å². The zero-order valence-corrected chi connectivity index (χ0v) is 11.9. The summed E-state index contributed by atoms with van der Waals surface area (Å²) in [4.78, 5) is 14.8. The topological polar surface area (TPSA) is 77.3 Å². The summed E-state index contributed by atoms with van der Waals surface area (Å²) < 4.78 is 11.1. The highest BCUT2D eigenvalue weighted by molar-refractivity contribution is 5.87. The highest BCUT2D eigenvalue weighted by Gasteiger charge is 2.12. The van der Waals surface area contributed by atoms with Crippen molar-refractivity contribution in [3.05, 3.63) is 34.1 Å². The molecule has 0 bridgehead atoms. The first kappa shape index (κ1) is 14.4. The van der Waals surface area contributed by atoms with Gasteiger partial charge >= 0.3 is 0 Å². The standard InChI is InChI=1S/C15H20N2O3/c1-3-4-7-20-14-12(19-2)6-5-10-8-11(9-16)15(18)17-13(10)14/h5-6,8H,3-4,7,9,16H2,1-2H3,(H,17,18). The molecule has 0 saturated carbocycles. The van der Waals surface area contributed by atoms with Gasteiger partial charge in [0.15, 0.2) is 11.5 Å². The van der Waals surface area contributed by atoms with E-state index in [4.69, 9.17) is 15.2 Å². The summed E-state index contributed by atoms with van der Waals surface area (Å²) in [7, 11) is 1.58. The fourth-order valence-corrected chi connectivity index (χ4v) is 2.05. The van der Waals surface area contributed by atoms with E-state index in [1.54, 1.807) is 13.2 Å². The number of fused-ring (bicyclic) bond motifs is 1. The molecule has 2 aromatic rings. The molecule has 0 saturated heterocycles. The third-order valence-electron chi connectivity index (χ3n) is 3.20. The normalized spacial score (nSPS) is 10.8. The lowest BCUT2D eigenvalue weighted by atomic mass is 10.1. The summed E-state index contributed by atoms with van der Waals surface area (Å²) in [5.74, 6) is 1.20. The number of benzene rings is 1. The van der Waals surface area contributed by atoms with E-state index in [9.17, 15) is 4.79 Å². The molecule has 0 radical (unpaired) electrons. The lowest BCUT2D eigenvalue weighted by Crippen LogP contribution is -2.16. The Morgan fingerprint density at radius 1 is 1.35 bits per heavy atom. The van der Waals surface area contributed by atoms with Gasteiger partial charge in [-0.2, -0.15) is 0 Å². The molecule has 1 heterocycles. The van der Waals surface area contributed by atoms with E-state index in [-0.39, 0.29) is 12.1 Å². The van der Waals surface area contributed by atoms with Gasteiger partial charge in [-0.1, -0.05) is 13.3 Å². The van der Waals surface area contributed by atoms with Crippen LogP contribution in [-0.2, 0) is 6.54 Å². The van der Waals surface area contributed by atoms with Crippen molar-refractivity contribution in [2.24, 2.45) is 5.73 Å². The number of aromatic nitrogens is 1. The van der Waals surface area contributed by atoms with E-state index in [0.29, 0.717) is 29.2 Å². The van der Waals surface area contributed by atoms with E-state index in [1.807, 2.05) is 12.1 Å². The Morgan fingerprint density at radius 3 is 2.80 bits per heavy atom. The van der Waals surface area contributed by atoms with Gasteiger partial charge in [0.1, 0.15) is 0 Å². The Balaban J connectivity index is 2.55. The van der Waals surface area contributed by atoms with Crippen molar-refractivity contribution in [3.8, 4) is 11.5 Å². The van der Waals surface area contributed by atoms with Gasteiger partial charge in [-0.15, -0.1) is 0 Å². The largest absolute Gasteiger partial charge is 0.493 e. The number of H-pyrrole nitrogens is 1. The van der Waals surface area contributed by atoms with Crippen LogP contribution in [0.4, 0.5) is 0 Å². The first-order chi connectivity index (χ1) is 9.71. The third-order valence-corrected chi connectivity index (χ3v) is 3.20. The molecule has 0 amide bonds. The van der Waals surface area contributed by atoms with Crippen LogP contribution in [0, 0.1) is 0 Å². The van der Waals surface area contributed by atoms with E-state index in [1.165, 1.54) is 0 Å². The molecule has 0 aliphatic heterocycles. The molecule has 1 aromatic heterocycles. The predicted octanol–water partition coefficient (Wildman–Crippen LogP) is 2.17. The molecule has 1 aromatic carbocycles. The minimum atomic E-state index is -0.186. The van der Waals surface area contributed by atoms with Crippen molar-refractivity contribution in [1.82, 2.24) is 4.98 Å². The number of rotatable bonds is 6. The summed E-state index contributed by atoms with van der Waals surface area (Å²) in [6.45, 7) is 2.90. The second-order valence-corrected chi connectivity index (χ2v) is 4.59. The minimum Gasteiger partial charge on any atom is -0.493 e. The van der Waals surface area contributed by atoms with Crippen LogP contribution in [0.5, 0.6) is 11.5 Å². The quantitative estimate of drug-likeness (QED) is 0.793.